The Kier molecular flexibility index (Phi) is 7.43. The number of aryl methyl sites for hydroxylation is 1. The molecule has 33 heavy (non-hydrogen) atoms. The second-order valence-electron chi connectivity index (χ2n) is 8.48. The molecule has 7 heteroatoms. The molecule has 1 heterocycles. The molecule has 1 N–H and O–H groups in total. The maximum atomic E-state index is 13.5. The molecule has 172 valence electrons. The Morgan fingerprint density at radius 3 is 2.42 bits per heavy atom. The van der Waals surface area contributed by atoms with Crippen molar-refractivity contribution in [1.82, 2.24) is 9.80 Å². The number of benzene rings is 2. The Morgan fingerprint density at radius 2 is 1.82 bits per heavy atom. The number of rotatable bonds is 8. The standard InChI is InChI=1S/C26H29N3O3S/c1-16-9-12-21(13-10-16)27-26(33)28(5)15-20-7-6-8-22-18(3)29(25(32)24(20)22)23(19(4)31)14-11-17(2)30/h6-10,12-13,23H,3,11,14-15H2,1-2,4-5H3,(H,27,33). The summed E-state index contributed by atoms with van der Waals surface area (Å²) in [4.78, 5) is 40.6. The SMILES string of the molecule is C=C1c2cccc(CN(C)C(=S)Nc3ccc(C)cc3)c2C(=O)N1C(CCC(C)=O)C(C)=O. The van der Waals surface area contributed by atoms with E-state index in [1.165, 1.54) is 18.7 Å². The van der Waals surface area contributed by atoms with Crippen LogP contribution >= 0.6 is 12.2 Å². The van der Waals surface area contributed by atoms with Gasteiger partial charge in [-0.25, -0.2) is 0 Å². The van der Waals surface area contributed by atoms with E-state index in [1.54, 1.807) is 0 Å². The van der Waals surface area contributed by atoms with Gasteiger partial charge in [0.1, 0.15) is 5.78 Å². The molecule has 0 saturated heterocycles. The second kappa shape index (κ2) is 10.1. The topological polar surface area (TPSA) is 69.7 Å². The quantitative estimate of drug-likeness (QED) is 0.578. The monoisotopic (exact) mass is 463 g/mol. The molecule has 0 radical (unpaired) electrons. The van der Waals surface area contributed by atoms with Gasteiger partial charge in [-0.2, -0.15) is 0 Å². The van der Waals surface area contributed by atoms with Gasteiger partial charge in [-0.05, 0) is 57.1 Å². The van der Waals surface area contributed by atoms with Crippen molar-refractivity contribution in [2.24, 2.45) is 0 Å². The van der Waals surface area contributed by atoms with Crippen LogP contribution in [0.2, 0.25) is 0 Å². The van der Waals surface area contributed by atoms with Crippen LogP contribution < -0.4 is 5.32 Å². The van der Waals surface area contributed by atoms with E-state index >= 15 is 0 Å². The van der Waals surface area contributed by atoms with E-state index in [4.69, 9.17) is 12.2 Å². The minimum Gasteiger partial charge on any atom is -0.348 e. The number of anilines is 1. The Hall–Kier alpha value is -3.32. The van der Waals surface area contributed by atoms with E-state index in [-0.39, 0.29) is 30.3 Å². The molecule has 0 spiro atoms. The van der Waals surface area contributed by atoms with Gasteiger partial charge >= 0.3 is 0 Å². The van der Waals surface area contributed by atoms with Gasteiger partial charge in [-0.1, -0.05) is 42.5 Å². The number of nitrogens with one attached hydrogen (secondary N) is 1. The number of nitrogens with zero attached hydrogens (tertiary/aromatic N) is 2. The Balaban J connectivity index is 1.82. The van der Waals surface area contributed by atoms with Gasteiger partial charge in [0.15, 0.2) is 10.9 Å². The predicted octanol–water partition coefficient (Wildman–Crippen LogP) is 4.58. The summed E-state index contributed by atoms with van der Waals surface area (Å²) >= 11 is 5.55. The average molecular weight is 464 g/mol. The van der Waals surface area contributed by atoms with Gasteiger partial charge in [0.25, 0.3) is 5.91 Å². The summed E-state index contributed by atoms with van der Waals surface area (Å²) in [5.74, 6) is -0.450. The van der Waals surface area contributed by atoms with Crippen LogP contribution in [0.3, 0.4) is 0 Å². The van der Waals surface area contributed by atoms with Crippen molar-refractivity contribution in [2.75, 3.05) is 12.4 Å². The van der Waals surface area contributed by atoms with E-state index in [2.05, 4.69) is 11.9 Å². The van der Waals surface area contributed by atoms with Crippen LogP contribution in [-0.2, 0) is 16.1 Å². The van der Waals surface area contributed by atoms with E-state index in [9.17, 15) is 14.4 Å². The number of amides is 1. The molecule has 2 aromatic carbocycles. The predicted molar refractivity (Wildman–Crippen MR) is 135 cm³/mol. The number of Topliss-reactive ketones (excluding diaryl/α,β-unsaturated/α-hetero) is 2. The van der Waals surface area contributed by atoms with Crippen LogP contribution in [0, 0.1) is 6.92 Å². The summed E-state index contributed by atoms with van der Waals surface area (Å²) in [5, 5.41) is 3.74. The lowest BCUT2D eigenvalue weighted by Crippen LogP contribution is -2.40. The molecule has 0 aliphatic carbocycles. The third kappa shape index (κ3) is 5.37. The summed E-state index contributed by atoms with van der Waals surface area (Å²) in [6, 6.07) is 12.8. The largest absolute Gasteiger partial charge is 0.348 e. The van der Waals surface area contributed by atoms with Crippen molar-refractivity contribution in [3.8, 4) is 0 Å². The molecule has 1 amide bonds. The zero-order valence-corrected chi connectivity index (χ0v) is 20.3. The molecule has 0 bridgehead atoms. The molecule has 1 unspecified atom stereocenters. The van der Waals surface area contributed by atoms with Gasteiger partial charge < -0.3 is 15.0 Å². The van der Waals surface area contributed by atoms with Crippen molar-refractivity contribution in [1.29, 1.82) is 0 Å². The Labute approximate surface area is 200 Å². The highest BCUT2D eigenvalue weighted by Gasteiger charge is 2.39. The van der Waals surface area contributed by atoms with Crippen molar-refractivity contribution < 1.29 is 14.4 Å². The van der Waals surface area contributed by atoms with Gasteiger partial charge in [0.2, 0.25) is 0 Å². The summed E-state index contributed by atoms with van der Waals surface area (Å²) in [6.45, 7) is 9.45. The van der Waals surface area contributed by atoms with Crippen LogP contribution in [0.15, 0.2) is 49.0 Å². The van der Waals surface area contributed by atoms with Gasteiger partial charge in [-0.15, -0.1) is 0 Å². The molecule has 2 aromatic rings. The molecule has 1 aliphatic heterocycles. The molecule has 0 fully saturated rings. The lowest BCUT2D eigenvalue weighted by molar-refractivity contribution is -0.121. The summed E-state index contributed by atoms with van der Waals surface area (Å²) in [5.41, 5.74) is 4.57. The highest BCUT2D eigenvalue weighted by atomic mass is 32.1. The summed E-state index contributed by atoms with van der Waals surface area (Å²) in [6.07, 6.45) is 0.509. The highest BCUT2D eigenvalue weighted by Crippen LogP contribution is 2.36. The van der Waals surface area contributed by atoms with E-state index in [1.807, 2.05) is 61.3 Å². The maximum absolute atomic E-state index is 13.5. The third-order valence-electron chi connectivity index (χ3n) is 5.79. The lowest BCUT2D eigenvalue weighted by atomic mass is 10.0. The molecule has 6 nitrogen and oxygen atoms in total. The fraction of sp³-hybridized carbons (Fsp3) is 0.308. The number of fused-ring (bicyclic) bond motifs is 1. The average Bonchev–Trinajstić information content (AvgIpc) is 3.01. The summed E-state index contributed by atoms with van der Waals surface area (Å²) in [7, 11) is 1.86. The van der Waals surface area contributed by atoms with Crippen molar-refractivity contribution in [2.45, 2.75) is 46.2 Å². The van der Waals surface area contributed by atoms with Crippen LogP contribution in [0.1, 0.15) is 53.7 Å². The van der Waals surface area contributed by atoms with Gasteiger partial charge in [-0.3, -0.25) is 14.5 Å². The van der Waals surface area contributed by atoms with Gasteiger partial charge in [0, 0.05) is 37.0 Å². The normalized spacial score (nSPS) is 13.5. The highest BCUT2D eigenvalue weighted by molar-refractivity contribution is 7.80. The van der Waals surface area contributed by atoms with Crippen molar-refractivity contribution in [3.05, 3.63) is 71.3 Å². The van der Waals surface area contributed by atoms with Crippen LogP contribution in [0.4, 0.5) is 5.69 Å². The minimum atomic E-state index is -0.712. The number of hydrogen-bond acceptors (Lipinski definition) is 4. The fourth-order valence-corrected chi connectivity index (χ4v) is 4.15. The smallest absolute Gasteiger partial charge is 0.259 e. The zero-order valence-electron chi connectivity index (χ0n) is 19.5. The fourth-order valence-electron chi connectivity index (χ4n) is 3.96. The molecule has 0 aromatic heterocycles. The zero-order chi connectivity index (χ0) is 24.3. The molecule has 1 aliphatic rings. The molecular formula is C26H29N3O3S. The van der Waals surface area contributed by atoms with Crippen molar-refractivity contribution in [3.63, 3.8) is 0 Å². The third-order valence-corrected chi connectivity index (χ3v) is 6.21. The molecular weight excluding hydrogens is 434 g/mol. The first-order valence-electron chi connectivity index (χ1n) is 10.8. The van der Waals surface area contributed by atoms with E-state index in [0.29, 0.717) is 28.5 Å². The number of hydrogen-bond donors (Lipinski definition) is 1. The Bertz CT molecular complexity index is 1120. The first-order valence-corrected chi connectivity index (χ1v) is 11.2. The molecule has 3 rings (SSSR count). The number of carbonyl (C=O) groups is 3. The minimum absolute atomic E-state index is 0.0204. The second-order valence-corrected chi connectivity index (χ2v) is 8.87. The molecule has 1 atom stereocenters. The van der Waals surface area contributed by atoms with Crippen LogP contribution in [0.5, 0.6) is 0 Å². The van der Waals surface area contributed by atoms with Crippen molar-refractivity contribution >= 4 is 46.2 Å². The van der Waals surface area contributed by atoms with E-state index in [0.717, 1.165) is 16.8 Å². The van der Waals surface area contributed by atoms with Crippen LogP contribution in [0.25, 0.3) is 5.70 Å². The van der Waals surface area contributed by atoms with E-state index < -0.39 is 6.04 Å². The lowest BCUT2D eigenvalue weighted by Gasteiger charge is -2.26. The number of thiocarbonyl (C=S) groups is 1. The van der Waals surface area contributed by atoms with Crippen LogP contribution in [-0.4, -0.2) is 45.5 Å². The Morgan fingerprint density at radius 1 is 1.15 bits per heavy atom. The van der Waals surface area contributed by atoms with Gasteiger partial charge in [0.05, 0.1) is 11.6 Å². The molecule has 0 saturated carbocycles. The maximum Gasteiger partial charge on any atom is 0.259 e. The first kappa shape index (κ1) is 24.3. The number of ketones is 2. The summed E-state index contributed by atoms with van der Waals surface area (Å²) < 4.78 is 0. The number of carbonyl (C=O) groups excluding carboxylic acids is 3. The first-order chi connectivity index (χ1) is 15.6.